The van der Waals surface area contributed by atoms with Gasteiger partial charge in [0, 0.05) is 59.8 Å². The molecule has 0 spiro atoms. The molecule has 0 bridgehead atoms. The van der Waals surface area contributed by atoms with Gasteiger partial charge in [0.2, 0.25) is 5.95 Å². The number of H-pyrrole nitrogens is 1. The van der Waals surface area contributed by atoms with Crippen molar-refractivity contribution in [3.63, 3.8) is 0 Å². The number of piperazine rings is 1. The average Bonchev–Trinajstić information content (AvgIpc) is 3.25. The van der Waals surface area contributed by atoms with E-state index in [1.165, 1.54) is 4.68 Å². The number of carbonyl (C=O) groups is 2. The van der Waals surface area contributed by atoms with Gasteiger partial charge in [0.05, 0.1) is 5.69 Å². The molecule has 1 saturated heterocycles. The largest absolute Gasteiger partial charge is 0.368 e. The van der Waals surface area contributed by atoms with Crippen LogP contribution in [0.25, 0.3) is 5.95 Å². The third-order valence-electron chi connectivity index (χ3n) is 7.44. The molecule has 2 amide bonds. The van der Waals surface area contributed by atoms with Crippen molar-refractivity contribution in [3.05, 3.63) is 98.6 Å². The molecular formula is C30H33N7O3. The summed E-state index contributed by atoms with van der Waals surface area (Å²) >= 11 is 0. The topological polar surface area (TPSA) is 116 Å². The Morgan fingerprint density at radius 2 is 1.55 bits per heavy atom. The highest BCUT2D eigenvalue weighted by atomic mass is 16.2. The third-order valence-corrected chi connectivity index (χ3v) is 7.44. The van der Waals surface area contributed by atoms with Gasteiger partial charge >= 0.3 is 0 Å². The number of rotatable bonds is 6. The van der Waals surface area contributed by atoms with Crippen molar-refractivity contribution in [1.82, 2.24) is 24.6 Å². The Hall–Kier alpha value is -4.73. The maximum absolute atomic E-state index is 13.2. The smallest absolute Gasteiger partial charge is 0.256 e. The van der Waals surface area contributed by atoms with Gasteiger partial charge in [-0.15, -0.1) is 0 Å². The highest BCUT2D eigenvalue weighted by Gasteiger charge is 2.23. The van der Waals surface area contributed by atoms with E-state index in [9.17, 15) is 14.4 Å². The minimum Gasteiger partial charge on any atom is -0.368 e. The Kier molecular flexibility index (Phi) is 7.50. The summed E-state index contributed by atoms with van der Waals surface area (Å²) in [6.07, 6.45) is 0.567. The number of aromatic nitrogens is 4. The summed E-state index contributed by atoms with van der Waals surface area (Å²) in [7, 11) is 0. The van der Waals surface area contributed by atoms with E-state index in [4.69, 9.17) is 0 Å². The summed E-state index contributed by atoms with van der Waals surface area (Å²) in [6.45, 7) is 10.2. The van der Waals surface area contributed by atoms with Gasteiger partial charge in [-0.05, 0) is 63.6 Å². The van der Waals surface area contributed by atoms with Crippen LogP contribution in [0.4, 0.5) is 11.5 Å². The fourth-order valence-corrected chi connectivity index (χ4v) is 4.95. The first-order valence-electron chi connectivity index (χ1n) is 13.4. The minimum atomic E-state index is -0.357. The lowest BCUT2D eigenvalue weighted by molar-refractivity contribution is 0.0746. The highest BCUT2D eigenvalue weighted by molar-refractivity contribution is 6.05. The number of amides is 2. The van der Waals surface area contributed by atoms with Gasteiger partial charge in [-0.1, -0.05) is 25.1 Å². The number of para-hydroxylation sites is 1. The van der Waals surface area contributed by atoms with Crippen molar-refractivity contribution < 1.29 is 9.59 Å². The lowest BCUT2D eigenvalue weighted by atomic mass is 10.1. The second-order valence-corrected chi connectivity index (χ2v) is 9.92. The number of nitrogens with zero attached hydrogens (tertiary/aromatic N) is 5. The first-order valence-corrected chi connectivity index (χ1v) is 13.4. The SMILES string of the molecule is CCc1c(C)nc(-n2nc(C)c(C)c2NC(=O)c2ccc(C(=O)N3CCN(c4ccccc4)CC3)cc2)[nH]c1=O. The fraction of sp³-hybridized carbons (Fsp3) is 0.300. The lowest BCUT2D eigenvalue weighted by Gasteiger charge is -2.36. The number of benzene rings is 2. The summed E-state index contributed by atoms with van der Waals surface area (Å²) in [5.74, 6) is 0.249. The van der Waals surface area contributed by atoms with Crippen LogP contribution in [0.5, 0.6) is 0 Å². The second-order valence-electron chi connectivity index (χ2n) is 9.92. The van der Waals surface area contributed by atoms with E-state index in [2.05, 4.69) is 37.4 Å². The Balaban J connectivity index is 1.29. The zero-order valence-electron chi connectivity index (χ0n) is 23.2. The molecule has 3 heterocycles. The van der Waals surface area contributed by atoms with Crippen LogP contribution in [-0.4, -0.2) is 62.6 Å². The van der Waals surface area contributed by atoms with Crippen molar-refractivity contribution in [2.75, 3.05) is 36.4 Å². The van der Waals surface area contributed by atoms with Crippen LogP contribution >= 0.6 is 0 Å². The highest BCUT2D eigenvalue weighted by Crippen LogP contribution is 2.22. The van der Waals surface area contributed by atoms with Gasteiger partial charge in [-0.25, -0.2) is 4.98 Å². The Bertz CT molecular complexity index is 1600. The first kappa shape index (κ1) is 26.9. The molecule has 0 aliphatic carbocycles. The van der Waals surface area contributed by atoms with Crippen LogP contribution in [-0.2, 0) is 6.42 Å². The first-order chi connectivity index (χ1) is 19.3. The molecule has 206 valence electrons. The standard InChI is InChI=1S/C30H33N7O3/c1-5-25-21(4)31-30(33-28(25)39)37-26(19(2)20(3)34-37)32-27(38)22-11-13-23(14-12-22)29(40)36-17-15-35(16-18-36)24-9-7-6-8-10-24/h6-14H,5,15-18H2,1-4H3,(H,32,38)(H,31,33,39). The normalized spacial score (nSPS) is 13.4. The number of aromatic amines is 1. The van der Waals surface area contributed by atoms with E-state index in [1.807, 2.05) is 43.9 Å². The molecule has 0 unspecified atom stereocenters. The monoisotopic (exact) mass is 539 g/mol. The molecule has 1 fully saturated rings. The summed E-state index contributed by atoms with van der Waals surface area (Å²) in [4.78, 5) is 50.3. The predicted octanol–water partition coefficient (Wildman–Crippen LogP) is 3.66. The van der Waals surface area contributed by atoms with Gasteiger partial charge < -0.3 is 15.1 Å². The summed E-state index contributed by atoms with van der Waals surface area (Å²) < 4.78 is 1.45. The van der Waals surface area contributed by atoms with Crippen LogP contribution in [0.15, 0.2) is 59.4 Å². The van der Waals surface area contributed by atoms with Crippen molar-refractivity contribution in [3.8, 4) is 5.95 Å². The minimum absolute atomic E-state index is 0.0508. The van der Waals surface area contributed by atoms with Crippen LogP contribution in [0.3, 0.4) is 0 Å². The zero-order valence-corrected chi connectivity index (χ0v) is 23.2. The zero-order chi connectivity index (χ0) is 28.4. The molecule has 0 atom stereocenters. The predicted molar refractivity (Wildman–Crippen MR) is 155 cm³/mol. The van der Waals surface area contributed by atoms with Gasteiger partial charge in [-0.3, -0.25) is 19.4 Å². The molecular weight excluding hydrogens is 506 g/mol. The number of hydrogen-bond donors (Lipinski definition) is 2. The molecule has 10 heteroatoms. The third kappa shape index (κ3) is 5.25. The van der Waals surface area contributed by atoms with Crippen LogP contribution in [0.1, 0.15) is 50.2 Å². The van der Waals surface area contributed by atoms with E-state index >= 15 is 0 Å². The number of aryl methyl sites for hydroxylation is 2. The molecule has 10 nitrogen and oxygen atoms in total. The van der Waals surface area contributed by atoms with Gasteiger partial charge in [0.15, 0.2) is 0 Å². The molecule has 2 aromatic heterocycles. The molecule has 0 radical (unpaired) electrons. The van der Waals surface area contributed by atoms with Crippen molar-refractivity contribution in [1.29, 1.82) is 0 Å². The van der Waals surface area contributed by atoms with E-state index in [1.54, 1.807) is 31.2 Å². The van der Waals surface area contributed by atoms with E-state index < -0.39 is 0 Å². The van der Waals surface area contributed by atoms with Crippen molar-refractivity contribution >= 4 is 23.3 Å². The Morgan fingerprint density at radius 1 is 0.900 bits per heavy atom. The Morgan fingerprint density at radius 3 is 2.17 bits per heavy atom. The molecule has 1 aliphatic rings. The van der Waals surface area contributed by atoms with E-state index in [0.717, 1.165) is 24.3 Å². The summed E-state index contributed by atoms with van der Waals surface area (Å²) in [6, 6.07) is 16.8. The number of carbonyl (C=O) groups excluding carboxylic acids is 2. The Labute approximate surface area is 232 Å². The molecule has 4 aromatic rings. The van der Waals surface area contributed by atoms with E-state index in [0.29, 0.717) is 53.4 Å². The van der Waals surface area contributed by atoms with Gasteiger partial charge in [-0.2, -0.15) is 9.78 Å². The molecule has 2 N–H and O–H groups in total. The molecule has 40 heavy (non-hydrogen) atoms. The summed E-state index contributed by atoms with van der Waals surface area (Å²) in [5.41, 5.74) is 4.55. The number of hydrogen-bond acceptors (Lipinski definition) is 6. The average molecular weight is 540 g/mol. The fourth-order valence-electron chi connectivity index (χ4n) is 4.95. The number of anilines is 2. The van der Waals surface area contributed by atoms with Crippen LogP contribution < -0.4 is 15.8 Å². The maximum Gasteiger partial charge on any atom is 0.256 e. The number of nitrogens with one attached hydrogen (secondary N) is 2. The lowest BCUT2D eigenvalue weighted by Crippen LogP contribution is -2.48. The maximum atomic E-state index is 13.2. The molecule has 1 aliphatic heterocycles. The summed E-state index contributed by atoms with van der Waals surface area (Å²) in [5, 5.41) is 7.41. The second kappa shape index (κ2) is 11.2. The van der Waals surface area contributed by atoms with Crippen LogP contribution in [0, 0.1) is 20.8 Å². The van der Waals surface area contributed by atoms with Crippen LogP contribution in [0.2, 0.25) is 0 Å². The molecule has 2 aromatic carbocycles. The van der Waals surface area contributed by atoms with Gasteiger partial charge in [0.1, 0.15) is 5.82 Å². The van der Waals surface area contributed by atoms with E-state index in [-0.39, 0.29) is 23.3 Å². The quantitative estimate of drug-likeness (QED) is 0.386. The van der Waals surface area contributed by atoms with Crippen molar-refractivity contribution in [2.45, 2.75) is 34.1 Å². The molecule has 5 rings (SSSR count). The molecule has 0 saturated carbocycles. The van der Waals surface area contributed by atoms with Crippen molar-refractivity contribution in [2.24, 2.45) is 0 Å². The van der Waals surface area contributed by atoms with Gasteiger partial charge in [0.25, 0.3) is 17.4 Å².